The van der Waals surface area contributed by atoms with Gasteiger partial charge in [-0.3, -0.25) is 14.9 Å². The van der Waals surface area contributed by atoms with Crippen LogP contribution >= 0.6 is 0 Å². The second-order valence-corrected chi connectivity index (χ2v) is 5.81. The van der Waals surface area contributed by atoms with Gasteiger partial charge in [0.25, 0.3) is 5.91 Å². The zero-order valence-corrected chi connectivity index (χ0v) is 12.2. The fourth-order valence-electron chi connectivity index (χ4n) is 2.98. The highest BCUT2D eigenvalue weighted by Gasteiger charge is 2.54. The Balaban J connectivity index is 1.67. The fourth-order valence-corrected chi connectivity index (χ4v) is 2.98. The Morgan fingerprint density at radius 2 is 2.04 bits per heavy atom. The Morgan fingerprint density at radius 1 is 1.35 bits per heavy atom. The number of carboxylic acid groups (broad SMARTS) is 1. The quantitative estimate of drug-likeness (QED) is 0.784. The lowest BCUT2D eigenvalue weighted by molar-refractivity contribution is -0.139. The van der Waals surface area contributed by atoms with Gasteiger partial charge in [-0.2, -0.15) is 5.26 Å². The van der Waals surface area contributed by atoms with Gasteiger partial charge in [0.1, 0.15) is 6.04 Å². The van der Waals surface area contributed by atoms with Crippen molar-refractivity contribution in [2.45, 2.75) is 31.3 Å². The van der Waals surface area contributed by atoms with E-state index in [4.69, 9.17) is 10.4 Å². The molecule has 7 heteroatoms. The molecule has 0 bridgehead atoms. The van der Waals surface area contributed by atoms with E-state index in [1.165, 1.54) is 4.90 Å². The van der Waals surface area contributed by atoms with Crippen LogP contribution in [0.2, 0.25) is 0 Å². The molecule has 2 fully saturated rings. The molecule has 1 aromatic rings. The fraction of sp³-hybridized carbons (Fsp3) is 0.375. The number of aliphatic carboxylic acids is 1. The molecule has 1 aliphatic heterocycles. The van der Waals surface area contributed by atoms with Gasteiger partial charge < -0.3 is 10.0 Å². The number of hydrogen-bond donors (Lipinski definition) is 2. The van der Waals surface area contributed by atoms with E-state index in [1.54, 1.807) is 12.1 Å². The van der Waals surface area contributed by atoms with Gasteiger partial charge in [0.15, 0.2) is 0 Å². The first-order chi connectivity index (χ1) is 11.0. The number of amides is 3. The first-order valence-corrected chi connectivity index (χ1v) is 7.36. The summed E-state index contributed by atoms with van der Waals surface area (Å²) in [6.45, 7) is 0. The van der Waals surface area contributed by atoms with Crippen LogP contribution in [-0.2, 0) is 16.0 Å². The van der Waals surface area contributed by atoms with Gasteiger partial charge in [-0.1, -0.05) is 12.1 Å². The summed E-state index contributed by atoms with van der Waals surface area (Å²) in [7, 11) is 0. The van der Waals surface area contributed by atoms with Crippen LogP contribution in [0.4, 0.5) is 4.79 Å². The Kier molecular flexibility index (Phi) is 3.74. The van der Waals surface area contributed by atoms with Crippen LogP contribution in [0.3, 0.4) is 0 Å². The molecule has 1 aliphatic carbocycles. The van der Waals surface area contributed by atoms with E-state index in [1.807, 2.05) is 18.2 Å². The minimum absolute atomic E-state index is 0.375. The maximum Gasteiger partial charge on any atom is 0.325 e. The maximum atomic E-state index is 12.0. The number of imide groups is 1. The van der Waals surface area contributed by atoms with Gasteiger partial charge in [-0.15, -0.1) is 0 Å². The summed E-state index contributed by atoms with van der Waals surface area (Å²) in [5, 5.41) is 20.0. The highest BCUT2D eigenvalue weighted by Crippen LogP contribution is 2.39. The summed E-state index contributed by atoms with van der Waals surface area (Å²) in [4.78, 5) is 36.2. The number of nitrogens with one attached hydrogen (secondary N) is 1. The maximum absolute atomic E-state index is 12.0. The van der Waals surface area contributed by atoms with Crippen LogP contribution in [0.25, 0.3) is 0 Å². The van der Waals surface area contributed by atoms with E-state index in [9.17, 15) is 14.4 Å². The van der Waals surface area contributed by atoms with Gasteiger partial charge in [0, 0.05) is 6.04 Å². The lowest BCUT2D eigenvalue weighted by Gasteiger charge is -2.21. The molecule has 2 N–H and O–H groups in total. The SMILES string of the molecule is N#Cc1ccc(CCC2C(=O)NC(=O)N2C2CC2C(=O)O)cc1. The summed E-state index contributed by atoms with van der Waals surface area (Å²) in [6, 6.07) is 7.54. The third-order valence-electron chi connectivity index (χ3n) is 4.32. The van der Waals surface area contributed by atoms with Crippen LogP contribution in [0.15, 0.2) is 24.3 Å². The highest BCUT2D eigenvalue weighted by atomic mass is 16.4. The van der Waals surface area contributed by atoms with Crippen LogP contribution in [0.1, 0.15) is 24.0 Å². The smallest absolute Gasteiger partial charge is 0.325 e. The molecule has 1 heterocycles. The molecule has 7 nitrogen and oxygen atoms in total. The molecular formula is C16H15N3O4. The third-order valence-corrected chi connectivity index (χ3v) is 4.32. The van der Waals surface area contributed by atoms with Gasteiger partial charge in [-0.05, 0) is 37.0 Å². The van der Waals surface area contributed by atoms with Gasteiger partial charge in [-0.25, -0.2) is 4.79 Å². The molecule has 0 radical (unpaired) electrons. The number of nitriles is 1. The van der Waals surface area contributed by atoms with E-state index in [-0.39, 0.29) is 5.91 Å². The largest absolute Gasteiger partial charge is 0.481 e. The number of carboxylic acids is 1. The summed E-state index contributed by atoms with van der Waals surface area (Å²) >= 11 is 0. The monoisotopic (exact) mass is 313 g/mol. The van der Waals surface area contributed by atoms with Crippen molar-refractivity contribution in [2.75, 3.05) is 0 Å². The summed E-state index contributed by atoms with van der Waals surface area (Å²) in [6.07, 6.45) is 1.38. The lowest BCUT2D eigenvalue weighted by Crippen LogP contribution is -2.38. The van der Waals surface area contributed by atoms with Crippen molar-refractivity contribution >= 4 is 17.9 Å². The molecule has 23 heavy (non-hydrogen) atoms. The molecule has 2 aliphatic rings. The van der Waals surface area contributed by atoms with Crippen molar-refractivity contribution in [2.24, 2.45) is 5.92 Å². The van der Waals surface area contributed by atoms with Crippen LogP contribution in [0, 0.1) is 17.2 Å². The number of carbonyl (C=O) groups excluding carboxylic acids is 2. The molecule has 3 unspecified atom stereocenters. The first kappa shape index (κ1) is 15.0. The Hall–Kier alpha value is -2.88. The molecule has 1 saturated heterocycles. The van der Waals surface area contributed by atoms with Crippen molar-refractivity contribution in [1.82, 2.24) is 10.2 Å². The number of hydrogen-bond acceptors (Lipinski definition) is 4. The van der Waals surface area contributed by atoms with E-state index in [0.29, 0.717) is 24.8 Å². The zero-order valence-electron chi connectivity index (χ0n) is 12.2. The van der Waals surface area contributed by atoms with Gasteiger partial charge in [0.05, 0.1) is 17.6 Å². The molecule has 0 aromatic heterocycles. The molecule has 0 spiro atoms. The average molecular weight is 313 g/mol. The minimum Gasteiger partial charge on any atom is -0.481 e. The summed E-state index contributed by atoms with van der Waals surface area (Å²) < 4.78 is 0. The second-order valence-electron chi connectivity index (χ2n) is 5.81. The van der Waals surface area contributed by atoms with Crippen molar-refractivity contribution in [3.8, 4) is 6.07 Å². The van der Waals surface area contributed by atoms with Gasteiger partial charge >= 0.3 is 12.0 Å². The third kappa shape index (κ3) is 2.88. The number of aryl methyl sites for hydroxylation is 1. The lowest BCUT2D eigenvalue weighted by atomic mass is 10.0. The van der Waals surface area contributed by atoms with E-state index >= 15 is 0 Å². The van der Waals surface area contributed by atoms with Crippen molar-refractivity contribution < 1.29 is 19.5 Å². The Morgan fingerprint density at radius 3 is 2.61 bits per heavy atom. The van der Waals surface area contributed by atoms with E-state index < -0.39 is 30.0 Å². The highest BCUT2D eigenvalue weighted by molar-refractivity contribution is 6.04. The predicted molar refractivity (Wildman–Crippen MR) is 78.2 cm³/mol. The number of urea groups is 1. The van der Waals surface area contributed by atoms with Crippen LogP contribution in [-0.4, -0.2) is 40.0 Å². The molecule has 1 saturated carbocycles. The summed E-state index contributed by atoms with van der Waals surface area (Å²) in [5.74, 6) is -1.89. The van der Waals surface area contributed by atoms with Crippen molar-refractivity contribution in [3.05, 3.63) is 35.4 Å². The zero-order chi connectivity index (χ0) is 16.6. The summed E-state index contributed by atoms with van der Waals surface area (Å²) in [5.41, 5.74) is 1.52. The van der Waals surface area contributed by atoms with Crippen LogP contribution < -0.4 is 5.32 Å². The van der Waals surface area contributed by atoms with Crippen molar-refractivity contribution in [1.29, 1.82) is 5.26 Å². The molecular weight excluding hydrogens is 298 g/mol. The Labute approximate surface area is 132 Å². The van der Waals surface area contributed by atoms with Crippen molar-refractivity contribution in [3.63, 3.8) is 0 Å². The number of benzene rings is 1. The first-order valence-electron chi connectivity index (χ1n) is 7.36. The molecule has 118 valence electrons. The minimum atomic E-state index is -0.937. The molecule has 3 rings (SSSR count). The Bertz CT molecular complexity index is 707. The molecule has 1 aromatic carbocycles. The number of nitrogens with zero attached hydrogens (tertiary/aromatic N) is 2. The molecule has 3 amide bonds. The van der Waals surface area contributed by atoms with E-state index in [0.717, 1.165) is 5.56 Å². The normalized spacial score (nSPS) is 25.9. The number of carbonyl (C=O) groups is 3. The standard InChI is InChI=1S/C16H15N3O4/c17-8-10-3-1-9(2-4-10)5-6-12-14(20)18-16(23)19(12)13-7-11(13)15(21)22/h1-4,11-13H,5-7H2,(H,21,22)(H,18,20,23). The second kappa shape index (κ2) is 5.72. The topological polar surface area (TPSA) is 111 Å². The number of rotatable bonds is 5. The van der Waals surface area contributed by atoms with Crippen LogP contribution in [0.5, 0.6) is 0 Å². The van der Waals surface area contributed by atoms with E-state index in [2.05, 4.69) is 5.32 Å². The molecule has 3 atom stereocenters. The average Bonchev–Trinajstić information content (AvgIpc) is 3.26. The predicted octanol–water partition coefficient (Wildman–Crippen LogP) is 0.884. The van der Waals surface area contributed by atoms with Gasteiger partial charge in [0.2, 0.25) is 0 Å².